The molecule has 0 aliphatic carbocycles. The first-order valence-corrected chi connectivity index (χ1v) is 3.42. The van der Waals surface area contributed by atoms with Crippen molar-refractivity contribution in [1.29, 1.82) is 0 Å². The fraction of sp³-hybridized carbons (Fsp3) is 0.667. The molecule has 0 fully saturated rings. The molecule has 0 aliphatic heterocycles. The summed E-state index contributed by atoms with van der Waals surface area (Å²) in [5, 5.41) is 14.8. The second-order valence-electron chi connectivity index (χ2n) is 1.89. The van der Waals surface area contributed by atoms with Gasteiger partial charge in [-0.25, -0.2) is 9.59 Å². The molecule has 0 aromatic heterocycles. The van der Waals surface area contributed by atoms with Crippen LogP contribution in [0.3, 0.4) is 0 Å². The van der Waals surface area contributed by atoms with Gasteiger partial charge in [0.25, 0.3) is 0 Å². The largest absolute Gasteiger partial charge is 0.473 e. The lowest BCUT2D eigenvalue weighted by Gasteiger charge is -1.87. The lowest BCUT2D eigenvalue weighted by molar-refractivity contribution is -0.159. The number of carboxylic acid groups (broad SMARTS) is 2. The molecule has 0 unspecified atom stereocenters. The Morgan fingerprint density at radius 1 is 0.917 bits per heavy atom. The Morgan fingerprint density at radius 3 is 1.25 bits per heavy atom. The van der Waals surface area contributed by atoms with Gasteiger partial charge in [0.15, 0.2) is 0 Å². The van der Waals surface area contributed by atoms with E-state index < -0.39 is 11.9 Å². The second kappa shape index (κ2) is 9.86. The maximum atomic E-state index is 9.10. The lowest BCUT2D eigenvalue weighted by atomic mass is 10.3. The van der Waals surface area contributed by atoms with Gasteiger partial charge in [-0.3, -0.25) is 0 Å². The quantitative estimate of drug-likeness (QED) is 0.319. The molecule has 0 atom stereocenters. The lowest BCUT2D eigenvalue weighted by Crippen LogP contribution is -2.09. The number of hydrogen-bond donors (Lipinski definition) is 4. The van der Waals surface area contributed by atoms with Gasteiger partial charge in [0, 0.05) is 0 Å². The van der Waals surface area contributed by atoms with Crippen LogP contribution in [0.25, 0.3) is 0 Å². The molecule has 0 amide bonds. The Balaban J connectivity index is 0. The summed E-state index contributed by atoms with van der Waals surface area (Å²) < 4.78 is 0. The molecule has 0 aromatic rings. The highest BCUT2D eigenvalue weighted by Gasteiger charge is 2.04. The molecule has 6 heteroatoms. The Kier molecular flexibility index (Phi) is 11.1. The van der Waals surface area contributed by atoms with Crippen LogP contribution >= 0.6 is 0 Å². The van der Waals surface area contributed by atoms with E-state index in [1.165, 1.54) is 0 Å². The van der Waals surface area contributed by atoms with E-state index in [-0.39, 0.29) is 0 Å². The average molecular weight is 178 g/mol. The van der Waals surface area contributed by atoms with Gasteiger partial charge in [0.05, 0.1) is 0 Å². The van der Waals surface area contributed by atoms with Crippen LogP contribution < -0.4 is 11.5 Å². The third-order valence-electron chi connectivity index (χ3n) is 0.841. The predicted octanol–water partition coefficient (Wildman–Crippen LogP) is -1.16. The minimum absolute atomic E-state index is 0.775. The summed E-state index contributed by atoms with van der Waals surface area (Å²) in [5.41, 5.74) is 10.3. The fourth-order valence-electron chi connectivity index (χ4n) is 0.289. The summed E-state index contributed by atoms with van der Waals surface area (Å²) in [5.74, 6) is -3.65. The predicted molar refractivity (Wildman–Crippen MR) is 42.6 cm³/mol. The molecule has 0 saturated heterocycles. The number of nitrogens with two attached hydrogens (primary N) is 2. The molecular weight excluding hydrogens is 164 g/mol. The van der Waals surface area contributed by atoms with E-state index in [0.717, 1.165) is 25.9 Å². The Bertz CT molecular complexity index is 122. The number of aliphatic carboxylic acids is 2. The molecule has 6 N–H and O–H groups in total. The molecule has 12 heavy (non-hydrogen) atoms. The number of hydrogen-bond acceptors (Lipinski definition) is 4. The van der Waals surface area contributed by atoms with Gasteiger partial charge in [-0.1, -0.05) is 0 Å². The topological polar surface area (TPSA) is 127 Å². The van der Waals surface area contributed by atoms with Crippen molar-refractivity contribution in [2.24, 2.45) is 11.5 Å². The SMILES string of the molecule is NCCCCN.O=C(O)C(=O)O. The molecule has 0 heterocycles. The zero-order valence-electron chi connectivity index (χ0n) is 6.69. The van der Waals surface area contributed by atoms with E-state index in [1.54, 1.807) is 0 Å². The van der Waals surface area contributed by atoms with Crippen LogP contribution in [0.5, 0.6) is 0 Å². The Morgan fingerprint density at radius 2 is 1.17 bits per heavy atom. The van der Waals surface area contributed by atoms with Crippen molar-refractivity contribution in [3.8, 4) is 0 Å². The zero-order valence-corrected chi connectivity index (χ0v) is 6.69. The van der Waals surface area contributed by atoms with Gasteiger partial charge in [-0.15, -0.1) is 0 Å². The van der Waals surface area contributed by atoms with Crippen molar-refractivity contribution in [2.45, 2.75) is 12.8 Å². The van der Waals surface area contributed by atoms with Gasteiger partial charge in [0.1, 0.15) is 0 Å². The van der Waals surface area contributed by atoms with Gasteiger partial charge in [-0.05, 0) is 25.9 Å². The standard InChI is InChI=1S/C4H12N2.C2H2O4/c5-3-1-2-4-6;3-1(4)2(5)6/h1-6H2;(H,3,4)(H,5,6). The average Bonchev–Trinajstić information content (AvgIpc) is 2.02. The smallest absolute Gasteiger partial charge is 0.414 e. The van der Waals surface area contributed by atoms with Crippen LogP contribution in [0.1, 0.15) is 12.8 Å². The van der Waals surface area contributed by atoms with Crippen molar-refractivity contribution in [3.63, 3.8) is 0 Å². The van der Waals surface area contributed by atoms with E-state index in [9.17, 15) is 0 Å². The summed E-state index contributed by atoms with van der Waals surface area (Å²) in [6.07, 6.45) is 2.13. The first kappa shape index (κ1) is 13.4. The normalized spacial score (nSPS) is 8.17. The van der Waals surface area contributed by atoms with Crippen LogP contribution in [0.15, 0.2) is 0 Å². The van der Waals surface area contributed by atoms with Crippen LogP contribution in [0.2, 0.25) is 0 Å². The first-order chi connectivity index (χ1) is 5.56. The molecule has 0 radical (unpaired) electrons. The number of carboxylic acids is 2. The highest BCUT2D eigenvalue weighted by Crippen LogP contribution is 1.77. The van der Waals surface area contributed by atoms with Gasteiger partial charge >= 0.3 is 11.9 Å². The molecule has 72 valence electrons. The van der Waals surface area contributed by atoms with Crippen molar-refractivity contribution in [1.82, 2.24) is 0 Å². The molecule has 0 bridgehead atoms. The van der Waals surface area contributed by atoms with Gasteiger partial charge in [0.2, 0.25) is 0 Å². The molecule has 0 aliphatic rings. The van der Waals surface area contributed by atoms with E-state index in [2.05, 4.69) is 0 Å². The van der Waals surface area contributed by atoms with Crippen LogP contribution in [0.4, 0.5) is 0 Å². The maximum Gasteiger partial charge on any atom is 0.414 e. The summed E-state index contributed by atoms with van der Waals surface area (Å²) in [4.78, 5) is 18.2. The van der Waals surface area contributed by atoms with Crippen molar-refractivity contribution in [3.05, 3.63) is 0 Å². The third kappa shape index (κ3) is 15.9. The summed E-state index contributed by atoms with van der Waals surface area (Å²) in [7, 11) is 0. The highest BCUT2D eigenvalue weighted by molar-refractivity contribution is 6.27. The van der Waals surface area contributed by atoms with E-state index in [4.69, 9.17) is 31.3 Å². The molecule has 0 aromatic carbocycles. The van der Waals surface area contributed by atoms with Gasteiger partial charge in [-0.2, -0.15) is 0 Å². The molecule has 0 rings (SSSR count). The van der Waals surface area contributed by atoms with Crippen molar-refractivity contribution < 1.29 is 19.8 Å². The summed E-state index contributed by atoms with van der Waals surface area (Å²) >= 11 is 0. The van der Waals surface area contributed by atoms with Crippen molar-refractivity contribution >= 4 is 11.9 Å². The molecular formula is C6H14N2O4. The summed E-state index contributed by atoms with van der Waals surface area (Å²) in [6, 6.07) is 0. The maximum absolute atomic E-state index is 9.10. The van der Waals surface area contributed by atoms with E-state index >= 15 is 0 Å². The molecule has 0 spiro atoms. The molecule has 0 saturated carbocycles. The van der Waals surface area contributed by atoms with Crippen LogP contribution in [-0.2, 0) is 9.59 Å². The Hall–Kier alpha value is -1.14. The minimum Gasteiger partial charge on any atom is -0.473 e. The third-order valence-corrected chi connectivity index (χ3v) is 0.841. The highest BCUT2D eigenvalue weighted by atomic mass is 16.4. The number of unbranched alkanes of at least 4 members (excludes halogenated alkanes) is 1. The van der Waals surface area contributed by atoms with Crippen molar-refractivity contribution in [2.75, 3.05) is 13.1 Å². The van der Waals surface area contributed by atoms with E-state index in [0.29, 0.717) is 0 Å². The minimum atomic E-state index is -1.82. The second-order valence-corrected chi connectivity index (χ2v) is 1.89. The summed E-state index contributed by atoms with van der Waals surface area (Å²) in [6.45, 7) is 1.55. The number of rotatable bonds is 3. The van der Waals surface area contributed by atoms with E-state index in [1.807, 2.05) is 0 Å². The van der Waals surface area contributed by atoms with Gasteiger partial charge < -0.3 is 21.7 Å². The fourth-order valence-corrected chi connectivity index (χ4v) is 0.289. The number of carbonyl (C=O) groups is 2. The first-order valence-electron chi connectivity index (χ1n) is 3.42. The van der Waals surface area contributed by atoms with Crippen LogP contribution in [0, 0.1) is 0 Å². The Labute approximate surface area is 70.2 Å². The monoisotopic (exact) mass is 178 g/mol. The zero-order chi connectivity index (χ0) is 9.98. The molecule has 6 nitrogen and oxygen atoms in total. The van der Waals surface area contributed by atoms with Crippen LogP contribution in [-0.4, -0.2) is 35.2 Å².